The van der Waals surface area contributed by atoms with Crippen molar-refractivity contribution in [3.8, 4) is 0 Å². The first-order valence-corrected chi connectivity index (χ1v) is 6.12. The van der Waals surface area contributed by atoms with Crippen LogP contribution in [0.3, 0.4) is 0 Å². The zero-order chi connectivity index (χ0) is 11.0. The molecule has 1 heteroatoms. The summed E-state index contributed by atoms with van der Waals surface area (Å²) in [6.45, 7) is 9.09. The Morgan fingerprint density at radius 1 is 1.33 bits per heavy atom. The van der Waals surface area contributed by atoms with Crippen LogP contribution in [0.1, 0.15) is 40.5 Å². The number of ketones is 1. The van der Waals surface area contributed by atoms with Gasteiger partial charge in [0.25, 0.3) is 0 Å². The van der Waals surface area contributed by atoms with Crippen molar-refractivity contribution < 1.29 is 4.79 Å². The van der Waals surface area contributed by atoms with Crippen LogP contribution in [0, 0.1) is 28.6 Å². The Morgan fingerprint density at radius 2 is 2.00 bits per heavy atom. The molecule has 0 aromatic heterocycles. The van der Waals surface area contributed by atoms with Crippen LogP contribution in [-0.4, -0.2) is 5.78 Å². The van der Waals surface area contributed by atoms with Gasteiger partial charge in [-0.2, -0.15) is 0 Å². The summed E-state index contributed by atoms with van der Waals surface area (Å²) in [4.78, 5) is 12.2. The Kier molecular flexibility index (Phi) is 1.53. The lowest BCUT2D eigenvalue weighted by atomic mass is 9.65. The first-order chi connectivity index (χ1) is 6.89. The maximum absolute atomic E-state index is 12.2. The number of allylic oxidation sites excluding steroid dienone is 2. The lowest BCUT2D eigenvalue weighted by Gasteiger charge is -2.38. The summed E-state index contributed by atoms with van der Waals surface area (Å²) >= 11 is 0. The topological polar surface area (TPSA) is 17.1 Å². The largest absolute Gasteiger partial charge is 0.294 e. The van der Waals surface area contributed by atoms with Crippen molar-refractivity contribution in [2.24, 2.45) is 28.6 Å². The van der Waals surface area contributed by atoms with E-state index in [9.17, 15) is 4.79 Å². The molecule has 0 heterocycles. The fourth-order valence-corrected chi connectivity index (χ4v) is 4.74. The predicted molar refractivity (Wildman–Crippen MR) is 60.4 cm³/mol. The van der Waals surface area contributed by atoms with Gasteiger partial charge in [0.05, 0.1) is 0 Å². The van der Waals surface area contributed by atoms with E-state index in [-0.39, 0.29) is 5.41 Å². The second-order valence-electron chi connectivity index (χ2n) is 6.55. The summed E-state index contributed by atoms with van der Waals surface area (Å²) in [7, 11) is 0. The van der Waals surface area contributed by atoms with Crippen LogP contribution in [0.5, 0.6) is 0 Å². The highest BCUT2D eigenvalue weighted by Gasteiger charge is 2.68. The molecule has 3 rings (SSSR count). The molecule has 82 valence electrons. The molecule has 0 aromatic carbocycles. The summed E-state index contributed by atoms with van der Waals surface area (Å²) in [6.07, 6.45) is 4.84. The molecule has 0 unspecified atom stereocenters. The number of rotatable bonds is 0. The van der Waals surface area contributed by atoms with E-state index in [0.29, 0.717) is 23.0 Å². The maximum Gasteiger partial charge on any atom is 0.162 e. The number of hydrogen-bond acceptors (Lipinski definition) is 1. The van der Waals surface area contributed by atoms with Crippen LogP contribution < -0.4 is 0 Å². The minimum Gasteiger partial charge on any atom is -0.294 e. The summed E-state index contributed by atoms with van der Waals surface area (Å²) in [5, 5.41) is 0. The molecule has 0 radical (unpaired) electrons. The Balaban J connectivity index is 2.14. The van der Waals surface area contributed by atoms with E-state index in [0.717, 1.165) is 11.5 Å². The quantitative estimate of drug-likeness (QED) is 0.592. The van der Waals surface area contributed by atoms with Gasteiger partial charge in [-0.25, -0.2) is 0 Å². The molecule has 2 fully saturated rings. The van der Waals surface area contributed by atoms with Gasteiger partial charge in [0.15, 0.2) is 5.78 Å². The van der Waals surface area contributed by atoms with E-state index in [4.69, 9.17) is 0 Å². The van der Waals surface area contributed by atoms with E-state index >= 15 is 0 Å². The second kappa shape index (κ2) is 2.39. The molecule has 0 aromatic rings. The minimum atomic E-state index is 0.258. The van der Waals surface area contributed by atoms with Gasteiger partial charge in [-0.15, -0.1) is 0 Å². The molecule has 0 amide bonds. The zero-order valence-corrected chi connectivity index (χ0v) is 10.1. The molecule has 3 aliphatic carbocycles. The molecule has 2 bridgehead atoms. The number of Topliss-reactive ketones (excluding diaryl/α,β-unsaturated/α-hetero) is 1. The molecule has 0 spiro atoms. The van der Waals surface area contributed by atoms with Crippen LogP contribution in [0.25, 0.3) is 0 Å². The van der Waals surface area contributed by atoms with E-state index in [2.05, 4.69) is 26.8 Å². The third kappa shape index (κ3) is 0.811. The van der Waals surface area contributed by atoms with Gasteiger partial charge in [-0.1, -0.05) is 26.8 Å². The molecule has 2 saturated carbocycles. The number of fused-ring (bicyclic) bond motifs is 5. The average molecular weight is 204 g/mol. The van der Waals surface area contributed by atoms with Crippen LogP contribution >= 0.6 is 0 Å². The fraction of sp³-hybridized carbons (Fsp3) is 0.786. The molecular formula is C14H20O. The Labute approximate surface area is 91.9 Å². The van der Waals surface area contributed by atoms with Gasteiger partial charge < -0.3 is 0 Å². The molecule has 4 atom stereocenters. The Bertz CT molecular complexity index is 377. The summed E-state index contributed by atoms with van der Waals surface area (Å²) in [5.41, 5.74) is 1.64. The maximum atomic E-state index is 12.2. The standard InChI is InChI=1S/C14H20O/c1-8-7-9-10-5-6-14(4,13(10,2)3)11(9)12(8)15/h7,9-11H,5-6H2,1-4H3/t9-,10-,11+,14+/m1/s1. The van der Waals surface area contributed by atoms with E-state index in [1.165, 1.54) is 12.8 Å². The SMILES string of the molecule is CC1=C[C@@H]2[C@H]3CC[C@@](C)([C@@H]2C1=O)C3(C)C. The first kappa shape index (κ1) is 9.62. The van der Waals surface area contributed by atoms with Crippen LogP contribution in [0.4, 0.5) is 0 Å². The highest BCUT2D eigenvalue weighted by molar-refractivity contribution is 6.00. The van der Waals surface area contributed by atoms with Crippen molar-refractivity contribution in [3.05, 3.63) is 11.6 Å². The highest BCUT2D eigenvalue weighted by Crippen LogP contribution is 2.72. The molecule has 0 saturated heterocycles. The molecule has 15 heavy (non-hydrogen) atoms. The van der Waals surface area contributed by atoms with E-state index < -0.39 is 0 Å². The van der Waals surface area contributed by atoms with E-state index in [1.807, 2.05) is 6.92 Å². The lowest BCUT2D eigenvalue weighted by Crippen LogP contribution is -2.36. The molecule has 3 aliphatic rings. The summed E-state index contributed by atoms with van der Waals surface area (Å²) in [6, 6.07) is 0. The molecular weight excluding hydrogens is 184 g/mol. The van der Waals surface area contributed by atoms with Gasteiger partial charge in [-0.05, 0) is 48.0 Å². The van der Waals surface area contributed by atoms with Crippen molar-refractivity contribution >= 4 is 5.78 Å². The number of carbonyl (C=O) groups is 1. The summed E-state index contributed by atoms with van der Waals surface area (Å²) < 4.78 is 0. The average Bonchev–Trinajstić information content (AvgIpc) is 2.60. The molecule has 1 nitrogen and oxygen atoms in total. The third-order valence-electron chi connectivity index (χ3n) is 6.02. The number of hydrogen-bond donors (Lipinski definition) is 0. The van der Waals surface area contributed by atoms with Crippen molar-refractivity contribution in [1.82, 2.24) is 0 Å². The Morgan fingerprint density at radius 3 is 2.60 bits per heavy atom. The fourth-order valence-electron chi connectivity index (χ4n) is 4.74. The Hall–Kier alpha value is -0.590. The minimum absolute atomic E-state index is 0.258. The van der Waals surface area contributed by atoms with Gasteiger partial charge in [0, 0.05) is 5.92 Å². The monoisotopic (exact) mass is 204 g/mol. The van der Waals surface area contributed by atoms with Gasteiger partial charge >= 0.3 is 0 Å². The second-order valence-corrected chi connectivity index (χ2v) is 6.55. The van der Waals surface area contributed by atoms with Crippen LogP contribution in [0.15, 0.2) is 11.6 Å². The normalized spacial score (nSPS) is 50.8. The predicted octanol–water partition coefficient (Wildman–Crippen LogP) is 3.20. The van der Waals surface area contributed by atoms with E-state index in [1.54, 1.807) is 0 Å². The van der Waals surface area contributed by atoms with Crippen molar-refractivity contribution in [3.63, 3.8) is 0 Å². The van der Waals surface area contributed by atoms with Crippen molar-refractivity contribution in [2.75, 3.05) is 0 Å². The smallest absolute Gasteiger partial charge is 0.162 e. The van der Waals surface area contributed by atoms with Crippen molar-refractivity contribution in [1.29, 1.82) is 0 Å². The van der Waals surface area contributed by atoms with Gasteiger partial charge in [0.1, 0.15) is 0 Å². The van der Waals surface area contributed by atoms with Gasteiger partial charge in [-0.3, -0.25) is 4.79 Å². The van der Waals surface area contributed by atoms with Crippen LogP contribution in [0.2, 0.25) is 0 Å². The first-order valence-electron chi connectivity index (χ1n) is 6.12. The van der Waals surface area contributed by atoms with Gasteiger partial charge in [0.2, 0.25) is 0 Å². The summed E-state index contributed by atoms with van der Waals surface area (Å²) in [5.74, 6) is 2.06. The molecule has 0 N–H and O–H groups in total. The zero-order valence-electron chi connectivity index (χ0n) is 10.1. The third-order valence-corrected chi connectivity index (χ3v) is 6.02. The number of carbonyl (C=O) groups excluding carboxylic acids is 1. The molecule has 0 aliphatic heterocycles. The van der Waals surface area contributed by atoms with Crippen molar-refractivity contribution in [2.45, 2.75) is 40.5 Å². The van der Waals surface area contributed by atoms with Crippen LogP contribution in [-0.2, 0) is 4.79 Å². The highest BCUT2D eigenvalue weighted by atomic mass is 16.1. The lowest BCUT2D eigenvalue weighted by molar-refractivity contribution is -0.123.